The summed E-state index contributed by atoms with van der Waals surface area (Å²) in [6.45, 7) is 2.38. The van der Waals surface area contributed by atoms with Crippen molar-refractivity contribution < 1.29 is 14.3 Å². The Morgan fingerprint density at radius 1 is 1.09 bits per heavy atom. The lowest BCUT2D eigenvalue weighted by Gasteiger charge is -2.20. The topological polar surface area (TPSA) is 50.8 Å². The summed E-state index contributed by atoms with van der Waals surface area (Å²) >= 11 is 0. The van der Waals surface area contributed by atoms with E-state index in [0.717, 1.165) is 49.4 Å². The van der Waals surface area contributed by atoms with Crippen molar-refractivity contribution in [3.63, 3.8) is 0 Å². The van der Waals surface area contributed by atoms with Gasteiger partial charge in [-0.05, 0) is 37.0 Å². The van der Waals surface area contributed by atoms with Gasteiger partial charge in [0.2, 0.25) is 0 Å². The zero-order valence-electron chi connectivity index (χ0n) is 13.6. The van der Waals surface area contributed by atoms with Gasteiger partial charge in [0.05, 0.1) is 14.2 Å². The average Bonchev–Trinajstić information content (AvgIpc) is 2.83. The molecule has 1 N–H and O–H groups in total. The Kier molecular flexibility index (Phi) is 6.37. The molecule has 1 aromatic rings. The molecule has 0 spiro atoms. The highest BCUT2D eigenvalue weighted by molar-refractivity contribution is 5.74. The summed E-state index contributed by atoms with van der Waals surface area (Å²) in [5, 5.41) is 3.01. The molecule has 1 heterocycles. The number of amides is 2. The fourth-order valence-corrected chi connectivity index (χ4v) is 2.74. The van der Waals surface area contributed by atoms with E-state index in [4.69, 9.17) is 9.47 Å². The summed E-state index contributed by atoms with van der Waals surface area (Å²) in [7, 11) is 3.25. The third-order valence-electron chi connectivity index (χ3n) is 4.03. The maximum absolute atomic E-state index is 12.1. The Morgan fingerprint density at radius 2 is 1.77 bits per heavy atom. The second kappa shape index (κ2) is 8.51. The highest BCUT2D eigenvalue weighted by atomic mass is 16.5. The van der Waals surface area contributed by atoms with Crippen LogP contribution in [0.1, 0.15) is 31.2 Å². The van der Waals surface area contributed by atoms with Gasteiger partial charge >= 0.3 is 6.03 Å². The summed E-state index contributed by atoms with van der Waals surface area (Å²) in [6.07, 6.45) is 5.47. The van der Waals surface area contributed by atoms with Gasteiger partial charge < -0.3 is 19.7 Å². The third-order valence-corrected chi connectivity index (χ3v) is 4.03. The lowest BCUT2D eigenvalue weighted by Crippen LogP contribution is -2.41. The van der Waals surface area contributed by atoms with Gasteiger partial charge in [-0.1, -0.05) is 18.9 Å². The molecule has 1 saturated heterocycles. The second-order valence-corrected chi connectivity index (χ2v) is 5.57. The van der Waals surface area contributed by atoms with E-state index in [2.05, 4.69) is 5.32 Å². The van der Waals surface area contributed by atoms with E-state index in [9.17, 15) is 4.79 Å². The molecule has 122 valence electrons. The zero-order chi connectivity index (χ0) is 15.8. The molecule has 2 rings (SSSR count). The fourth-order valence-electron chi connectivity index (χ4n) is 2.74. The minimum atomic E-state index is 0.0578. The zero-order valence-corrected chi connectivity index (χ0v) is 13.6. The van der Waals surface area contributed by atoms with Crippen molar-refractivity contribution in [2.45, 2.75) is 32.1 Å². The first-order valence-corrected chi connectivity index (χ1v) is 7.98. The van der Waals surface area contributed by atoms with E-state index >= 15 is 0 Å². The minimum absolute atomic E-state index is 0.0578. The summed E-state index contributed by atoms with van der Waals surface area (Å²) in [6, 6.07) is 5.91. The van der Waals surface area contributed by atoms with E-state index in [1.54, 1.807) is 14.2 Å². The van der Waals surface area contributed by atoms with Gasteiger partial charge in [-0.15, -0.1) is 0 Å². The number of ether oxygens (including phenoxy) is 2. The lowest BCUT2D eigenvalue weighted by molar-refractivity contribution is 0.200. The summed E-state index contributed by atoms with van der Waals surface area (Å²) < 4.78 is 10.5. The molecule has 1 fully saturated rings. The van der Waals surface area contributed by atoms with Crippen molar-refractivity contribution in [1.29, 1.82) is 0 Å². The van der Waals surface area contributed by atoms with E-state index in [1.807, 2.05) is 23.1 Å². The van der Waals surface area contributed by atoms with E-state index in [1.165, 1.54) is 12.8 Å². The van der Waals surface area contributed by atoms with Crippen LogP contribution in [0.3, 0.4) is 0 Å². The summed E-state index contributed by atoms with van der Waals surface area (Å²) in [4.78, 5) is 14.1. The lowest BCUT2D eigenvalue weighted by atomic mass is 10.1. The Hall–Kier alpha value is -1.91. The molecule has 5 heteroatoms. The molecule has 0 aromatic heterocycles. The molecule has 0 bridgehead atoms. The van der Waals surface area contributed by atoms with Crippen LogP contribution in [0.25, 0.3) is 0 Å². The Bertz CT molecular complexity index is 483. The molecule has 0 saturated carbocycles. The maximum atomic E-state index is 12.1. The number of carbonyl (C=O) groups is 1. The molecule has 2 amide bonds. The number of rotatable bonds is 5. The number of nitrogens with zero attached hydrogens (tertiary/aromatic N) is 1. The van der Waals surface area contributed by atoms with Crippen molar-refractivity contribution in [3.05, 3.63) is 23.8 Å². The van der Waals surface area contributed by atoms with Gasteiger partial charge in [-0.25, -0.2) is 4.79 Å². The van der Waals surface area contributed by atoms with Crippen LogP contribution in [0.15, 0.2) is 18.2 Å². The molecule has 0 atom stereocenters. The van der Waals surface area contributed by atoms with Gasteiger partial charge in [0, 0.05) is 19.6 Å². The van der Waals surface area contributed by atoms with Crippen LogP contribution in [-0.2, 0) is 6.42 Å². The minimum Gasteiger partial charge on any atom is -0.493 e. The van der Waals surface area contributed by atoms with Crippen molar-refractivity contribution in [2.75, 3.05) is 33.9 Å². The SMILES string of the molecule is COc1ccc(CCNC(=O)N2CCCCCC2)cc1OC. The standard InChI is InChI=1S/C17H26N2O3/c1-21-15-8-7-14(13-16(15)22-2)9-10-18-17(20)19-11-5-3-4-6-12-19/h7-8,13H,3-6,9-12H2,1-2H3,(H,18,20). The van der Waals surface area contributed by atoms with Crippen LogP contribution in [0.2, 0.25) is 0 Å². The normalized spacial score (nSPS) is 15.1. The summed E-state index contributed by atoms with van der Waals surface area (Å²) in [5.74, 6) is 1.44. The average molecular weight is 306 g/mol. The van der Waals surface area contributed by atoms with Crippen molar-refractivity contribution >= 4 is 6.03 Å². The molecule has 0 aliphatic carbocycles. The predicted octanol–water partition coefficient (Wildman–Crippen LogP) is 2.83. The number of benzene rings is 1. The first-order chi connectivity index (χ1) is 10.7. The van der Waals surface area contributed by atoms with Crippen LogP contribution >= 0.6 is 0 Å². The molecule has 1 aliphatic rings. The molecule has 0 radical (unpaired) electrons. The first-order valence-electron chi connectivity index (χ1n) is 7.98. The van der Waals surface area contributed by atoms with Crippen LogP contribution < -0.4 is 14.8 Å². The van der Waals surface area contributed by atoms with Gasteiger partial charge in [0.25, 0.3) is 0 Å². The van der Waals surface area contributed by atoms with Crippen LogP contribution in [0.4, 0.5) is 4.79 Å². The molecule has 22 heavy (non-hydrogen) atoms. The second-order valence-electron chi connectivity index (χ2n) is 5.57. The molecular formula is C17H26N2O3. The van der Waals surface area contributed by atoms with E-state index < -0.39 is 0 Å². The Morgan fingerprint density at radius 3 is 2.41 bits per heavy atom. The number of methoxy groups -OCH3 is 2. The van der Waals surface area contributed by atoms with E-state index in [0.29, 0.717) is 6.54 Å². The number of hydrogen-bond acceptors (Lipinski definition) is 3. The maximum Gasteiger partial charge on any atom is 0.317 e. The molecular weight excluding hydrogens is 280 g/mol. The number of likely N-dealkylation sites (tertiary alicyclic amines) is 1. The molecule has 0 unspecified atom stereocenters. The fraction of sp³-hybridized carbons (Fsp3) is 0.588. The number of carbonyl (C=O) groups excluding carboxylic acids is 1. The Labute approximate surface area is 132 Å². The number of urea groups is 1. The van der Waals surface area contributed by atoms with Crippen molar-refractivity contribution in [3.8, 4) is 11.5 Å². The predicted molar refractivity (Wildman–Crippen MR) is 86.7 cm³/mol. The van der Waals surface area contributed by atoms with E-state index in [-0.39, 0.29) is 6.03 Å². The third kappa shape index (κ3) is 4.55. The van der Waals surface area contributed by atoms with Crippen LogP contribution in [0.5, 0.6) is 11.5 Å². The smallest absolute Gasteiger partial charge is 0.317 e. The first kappa shape index (κ1) is 16.5. The Balaban J connectivity index is 1.81. The molecule has 5 nitrogen and oxygen atoms in total. The molecule has 1 aromatic carbocycles. The highest BCUT2D eigenvalue weighted by Gasteiger charge is 2.14. The highest BCUT2D eigenvalue weighted by Crippen LogP contribution is 2.27. The largest absolute Gasteiger partial charge is 0.493 e. The number of nitrogens with one attached hydrogen (secondary N) is 1. The quantitative estimate of drug-likeness (QED) is 0.910. The van der Waals surface area contributed by atoms with Crippen LogP contribution in [-0.4, -0.2) is 44.8 Å². The van der Waals surface area contributed by atoms with Gasteiger partial charge in [-0.3, -0.25) is 0 Å². The number of hydrogen-bond donors (Lipinski definition) is 1. The van der Waals surface area contributed by atoms with Gasteiger partial charge in [0.1, 0.15) is 0 Å². The monoisotopic (exact) mass is 306 g/mol. The van der Waals surface area contributed by atoms with Gasteiger partial charge in [0.15, 0.2) is 11.5 Å². The van der Waals surface area contributed by atoms with Gasteiger partial charge in [-0.2, -0.15) is 0 Å². The van der Waals surface area contributed by atoms with Crippen molar-refractivity contribution in [1.82, 2.24) is 10.2 Å². The van der Waals surface area contributed by atoms with Crippen LogP contribution in [0, 0.1) is 0 Å². The molecule has 1 aliphatic heterocycles. The summed E-state index contributed by atoms with van der Waals surface area (Å²) in [5.41, 5.74) is 1.12. The van der Waals surface area contributed by atoms with Crippen molar-refractivity contribution in [2.24, 2.45) is 0 Å².